The van der Waals surface area contributed by atoms with Gasteiger partial charge in [0.25, 0.3) is 0 Å². The van der Waals surface area contributed by atoms with Crippen LogP contribution in [0.3, 0.4) is 0 Å². The predicted octanol–water partition coefficient (Wildman–Crippen LogP) is 1.04. The molecule has 0 aromatic heterocycles. The van der Waals surface area contributed by atoms with Crippen LogP contribution in [0.1, 0.15) is 25.7 Å². The molecule has 3 atom stereocenters. The second-order valence-corrected chi connectivity index (χ2v) is 5.43. The zero-order chi connectivity index (χ0) is 14.7. The van der Waals surface area contributed by atoms with Gasteiger partial charge in [-0.15, -0.1) is 0 Å². The van der Waals surface area contributed by atoms with Crippen LogP contribution in [-0.4, -0.2) is 58.2 Å². The van der Waals surface area contributed by atoms with Gasteiger partial charge in [0.15, 0.2) is 0 Å². The minimum atomic E-state index is -0.886. The smallest absolute Gasteiger partial charge is 0.125 e. The van der Waals surface area contributed by atoms with Crippen molar-refractivity contribution in [2.75, 3.05) is 19.7 Å². The second kappa shape index (κ2) is 6.76. The first-order valence-corrected chi connectivity index (χ1v) is 6.97. The van der Waals surface area contributed by atoms with Gasteiger partial charge in [-0.05, 0) is 25.3 Å². The summed E-state index contributed by atoms with van der Waals surface area (Å²) >= 11 is 0. The summed E-state index contributed by atoms with van der Waals surface area (Å²) in [6.45, 7) is 0.398. The van der Waals surface area contributed by atoms with Crippen molar-refractivity contribution in [1.29, 1.82) is 0 Å². The van der Waals surface area contributed by atoms with E-state index in [0.29, 0.717) is 13.0 Å². The van der Waals surface area contributed by atoms with Gasteiger partial charge in [0.05, 0.1) is 18.8 Å². The van der Waals surface area contributed by atoms with Crippen LogP contribution in [0.4, 0.5) is 8.78 Å². The number of halogens is 2. The van der Waals surface area contributed by atoms with Crippen LogP contribution in [0.5, 0.6) is 0 Å². The van der Waals surface area contributed by atoms with E-state index in [-0.39, 0.29) is 44.0 Å². The van der Waals surface area contributed by atoms with Crippen LogP contribution in [0.15, 0.2) is 23.3 Å². The van der Waals surface area contributed by atoms with Gasteiger partial charge in [0, 0.05) is 31.1 Å². The van der Waals surface area contributed by atoms with E-state index in [0.717, 1.165) is 0 Å². The lowest BCUT2D eigenvalue weighted by Gasteiger charge is -2.39. The van der Waals surface area contributed by atoms with E-state index in [2.05, 4.69) is 0 Å². The topological polar surface area (TPSA) is 63.9 Å². The van der Waals surface area contributed by atoms with Crippen molar-refractivity contribution in [3.63, 3.8) is 0 Å². The predicted molar refractivity (Wildman–Crippen MR) is 70.3 cm³/mol. The molecule has 20 heavy (non-hydrogen) atoms. The van der Waals surface area contributed by atoms with Crippen molar-refractivity contribution in [1.82, 2.24) is 4.90 Å². The standard InChI is InChI=1S/C14H21F2NO3/c15-11-2-1-3-12(16)10(11)4-5-17-7-14(20)13(19)6-9(17)8-18/h2,9,13-14,18-20H,1,3-8H2/t9-,13?,14+/m1/s1. The molecule has 6 heteroatoms. The van der Waals surface area contributed by atoms with E-state index in [1.807, 2.05) is 0 Å². The number of aliphatic hydroxyl groups is 3. The Morgan fingerprint density at radius 2 is 2.00 bits per heavy atom. The maximum Gasteiger partial charge on any atom is 0.125 e. The third kappa shape index (κ3) is 3.44. The lowest BCUT2D eigenvalue weighted by Crippen LogP contribution is -2.53. The zero-order valence-corrected chi connectivity index (χ0v) is 11.3. The number of nitrogens with zero attached hydrogens (tertiary/aromatic N) is 1. The maximum atomic E-state index is 13.6. The average molecular weight is 289 g/mol. The molecule has 0 spiro atoms. The normalized spacial score (nSPS) is 32.5. The minimum absolute atomic E-state index is 0.0913. The number of likely N-dealkylation sites (tertiary alicyclic amines) is 1. The van der Waals surface area contributed by atoms with Gasteiger partial charge in [-0.2, -0.15) is 0 Å². The largest absolute Gasteiger partial charge is 0.395 e. The maximum absolute atomic E-state index is 13.6. The summed E-state index contributed by atoms with van der Waals surface area (Å²) in [4.78, 5) is 1.78. The minimum Gasteiger partial charge on any atom is -0.395 e. The van der Waals surface area contributed by atoms with Crippen LogP contribution in [-0.2, 0) is 0 Å². The number of hydrogen-bond acceptors (Lipinski definition) is 4. The molecule has 4 nitrogen and oxygen atoms in total. The number of aliphatic hydroxyl groups excluding tert-OH is 3. The zero-order valence-electron chi connectivity index (χ0n) is 11.3. The van der Waals surface area contributed by atoms with Gasteiger partial charge in [0.1, 0.15) is 11.7 Å². The molecule has 1 fully saturated rings. The van der Waals surface area contributed by atoms with E-state index < -0.39 is 23.9 Å². The molecule has 2 rings (SSSR count). The summed E-state index contributed by atoms with van der Waals surface area (Å²) in [6.07, 6.45) is 0.721. The van der Waals surface area contributed by atoms with Gasteiger partial charge in [-0.1, -0.05) is 0 Å². The van der Waals surface area contributed by atoms with Crippen molar-refractivity contribution in [3.8, 4) is 0 Å². The Labute approximate surface area is 117 Å². The van der Waals surface area contributed by atoms with Gasteiger partial charge < -0.3 is 15.3 Å². The molecule has 1 aliphatic heterocycles. The summed E-state index contributed by atoms with van der Waals surface area (Å²) in [7, 11) is 0. The van der Waals surface area contributed by atoms with Crippen molar-refractivity contribution in [3.05, 3.63) is 23.3 Å². The molecule has 2 aliphatic rings. The van der Waals surface area contributed by atoms with E-state index in [1.165, 1.54) is 6.08 Å². The van der Waals surface area contributed by atoms with Crippen LogP contribution in [0.25, 0.3) is 0 Å². The molecule has 1 unspecified atom stereocenters. The second-order valence-electron chi connectivity index (χ2n) is 5.43. The quantitative estimate of drug-likeness (QED) is 0.723. The molecular formula is C14H21F2NO3. The first-order valence-electron chi connectivity index (χ1n) is 6.97. The molecule has 0 aromatic carbocycles. The fourth-order valence-electron chi connectivity index (χ4n) is 2.80. The van der Waals surface area contributed by atoms with Crippen LogP contribution in [0.2, 0.25) is 0 Å². The van der Waals surface area contributed by atoms with Gasteiger partial charge in [-0.25, -0.2) is 8.78 Å². The molecule has 1 aliphatic carbocycles. The Bertz CT molecular complexity index is 411. The fourth-order valence-corrected chi connectivity index (χ4v) is 2.80. The van der Waals surface area contributed by atoms with E-state index in [4.69, 9.17) is 0 Å². The number of hydrogen-bond donors (Lipinski definition) is 3. The molecule has 0 aromatic rings. The summed E-state index contributed by atoms with van der Waals surface area (Å²) in [5.41, 5.74) is 0.0913. The summed E-state index contributed by atoms with van der Waals surface area (Å²) in [5.74, 6) is -0.921. The molecule has 114 valence electrons. The van der Waals surface area contributed by atoms with Crippen molar-refractivity contribution in [2.45, 2.75) is 43.9 Å². The first-order chi connectivity index (χ1) is 9.52. The molecule has 1 saturated heterocycles. The van der Waals surface area contributed by atoms with Gasteiger partial charge in [0.2, 0.25) is 0 Å². The van der Waals surface area contributed by atoms with Crippen LogP contribution >= 0.6 is 0 Å². The molecular weight excluding hydrogens is 268 g/mol. The Morgan fingerprint density at radius 3 is 2.65 bits per heavy atom. The number of rotatable bonds is 4. The Balaban J connectivity index is 1.97. The Hall–Kier alpha value is -0.820. The average Bonchev–Trinajstić information content (AvgIpc) is 2.41. The SMILES string of the molecule is OC[C@H]1CC(O)[C@@H](O)CN1CCC1=C(F)CCC=C1F. The lowest BCUT2D eigenvalue weighted by molar-refractivity contribution is -0.0704. The van der Waals surface area contributed by atoms with Gasteiger partial charge in [-0.3, -0.25) is 4.90 Å². The lowest BCUT2D eigenvalue weighted by atomic mass is 9.96. The van der Waals surface area contributed by atoms with Crippen molar-refractivity contribution in [2.24, 2.45) is 0 Å². The molecule has 3 N–H and O–H groups in total. The van der Waals surface area contributed by atoms with E-state index in [9.17, 15) is 24.1 Å². The highest BCUT2D eigenvalue weighted by molar-refractivity contribution is 5.31. The molecule has 0 amide bonds. The Kier molecular flexibility index (Phi) is 5.26. The van der Waals surface area contributed by atoms with Crippen molar-refractivity contribution < 1.29 is 24.1 Å². The van der Waals surface area contributed by atoms with Crippen LogP contribution < -0.4 is 0 Å². The van der Waals surface area contributed by atoms with Crippen LogP contribution in [0, 0.1) is 0 Å². The number of allylic oxidation sites excluding steroid dienone is 3. The highest BCUT2D eigenvalue weighted by atomic mass is 19.1. The fraction of sp³-hybridized carbons (Fsp3) is 0.714. The summed E-state index contributed by atoms with van der Waals surface area (Å²) in [6, 6.07) is -0.285. The Morgan fingerprint density at radius 1 is 1.25 bits per heavy atom. The molecule has 0 radical (unpaired) electrons. The molecule has 0 saturated carbocycles. The van der Waals surface area contributed by atoms with E-state index >= 15 is 0 Å². The summed E-state index contributed by atoms with van der Waals surface area (Å²) in [5, 5.41) is 28.5. The number of piperidine rings is 1. The third-order valence-electron chi connectivity index (χ3n) is 4.06. The number of β-amino-alcohol motifs (C(OH)–C–C–N with tert-alkyl or cyclic N) is 1. The first kappa shape index (κ1) is 15.6. The molecule has 1 heterocycles. The highest BCUT2D eigenvalue weighted by Crippen LogP contribution is 2.30. The highest BCUT2D eigenvalue weighted by Gasteiger charge is 2.33. The summed E-state index contributed by atoms with van der Waals surface area (Å²) < 4.78 is 27.2. The van der Waals surface area contributed by atoms with E-state index in [1.54, 1.807) is 4.90 Å². The van der Waals surface area contributed by atoms with Crippen molar-refractivity contribution >= 4 is 0 Å². The van der Waals surface area contributed by atoms with Gasteiger partial charge >= 0.3 is 0 Å². The molecule has 0 bridgehead atoms. The third-order valence-corrected chi connectivity index (χ3v) is 4.06. The monoisotopic (exact) mass is 289 g/mol.